The van der Waals surface area contributed by atoms with Gasteiger partial charge in [0.2, 0.25) is 0 Å². The summed E-state index contributed by atoms with van der Waals surface area (Å²) in [5.41, 5.74) is 4.07. The number of likely N-dealkylation sites (N-methyl/N-ethyl adjacent to an activating group) is 1. The Hall–Kier alpha value is -3.01. The zero-order valence-electron chi connectivity index (χ0n) is 19.4. The maximum absolute atomic E-state index is 9.94. The van der Waals surface area contributed by atoms with Gasteiger partial charge in [-0.15, -0.1) is 0 Å². The zero-order chi connectivity index (χ0) is 23.5. The van der Waals surface area contributed by atoms with E-state index in [1.807, 2.05) is 45.0 Å². The number of aliphatic hydroxyl groups excluding tert-OH is 2. The van der Waals surface area contributed by atoms with Gasteiger partial charge in [0.1, 0.15) is 30.0 Å². The van der Waals surface area contributed by atoms with Gasteiger partial charge in [0.25, 0.3) is 0 Å². The summed E-state index contributed by atoms with van der Waals surface area (Å²) in [5.74, 6) is 2.59. The van der Waals surface area contributed by atoms with Gasteiger partial charge in [-0.3, -0.25) is 0 Å². The van der Waals surface area contributed by atoms with E-state index in [9.17, 15) is 10.2 Å². The molecule has 0 aliphatic heterocycles. The number of rotatable bonds is 9. The summed E-state index contributed by atoms with van der Waals surface area (Å²) in [6.45, 7) is 6.38. The van der Waals surface area contributed by atoms with Gasteiger partial charge in [-0.25, -0.2) is 9.97 Å². The van der Waals surface area contributed by atoms with Gasteiger partial charge in [0, 0.05) is 23.7 Å². The van der Waals surface area contributed by atoms with Crippen molar-refractivity contribution >= 4 is 5.82 Å². The van der Waals surface area contributed by atoms with Gasteiger partial charge in [-0.2, -0.15) is 0 Å². The van der Waals surface area contributed by atoms with Crippen LogP contribution in [0.3, 0.4) is 0 Å². The van der Waals surface area contributed by atoms with E-state index >= 15 is 0 Å². The van der Waals surface area contributed by atoms with E-state index in [-0.39, 0.29) is 18.8 Å². The monoisotopic (exact) mass is 453 g/mol. The van der Waals surface area contributed by atoms with E-state index in [0.29, 0.717) is 36.7 Å². The van der Waals surface area contributed by atoms with Crippen LogP contribution in [0, 0.1) is 20.8 Å². The van der Waals surface area contributed by atoms with Gasteiger partial charge in [0.15, 0.2) is 5.82 Å². The van der Waals surface area contributed by atoms with Crippen molar-refractivity contribution in [2.45, 2.75) is 51.9 Å². The number of benzene rings is 1. The van der Waals surface area contributed by atoms with E-state index < -0.39 is 6.10 Å². The molecule has 9 heteroatoms. The van der Waals surface area contributed by atoms with E-state index in [1.165, 1.54) is 0 Å². The summed E-state index contributed by atoms with van der Waals surface area (Å²) >= 11 is 0. The first-order valence-corrected chi connectivity index (χ1v) is 11.2. The standard InChI is InChI=1S/C24H31N5O4/c1-13-22(21-14(2)29-33-15(21)3)27-24(28-23(13)26-17-9-18(30)10-17)16-6-5-7-20(8-16)32-12-19(31)11-25-4/h5-8,17-19,25,30-31H,9-12H2,1-4H3,(H,26,27,28)/t17-,18+,19?. The second kappa shape index (κ2) is 9.86. The van der Waals surface area contributed by atoms with Crippen LogP contribution < -0.4 is 15.4 Å². The Bertz CT molecular complexity index is 1090. The molecule has 1 aromatic carbocycles. The Morgan fingerprint density at radius 2 is 2.00 bits per heavy atom. The van der Waals surface area contributed by atoms with Crippen LogP contribution in [0.1, 0.15) is 29.9 Å². The lowest BCUT2D eigenvalue weighted by Crippen LogP contribution is -2.39. The average molecular weight is 454 g/mol. The Balaban J connectivity index is 1.70. The van der Waals surface area contributed by atoms with E-state index in [1.54, 1.807) is 7.05 Å². The molecule has 1 unspecified atom stereocenters. The SMILES string of the molecule is CNCC(O)COc1cccc(-c2nc(N[C@H]3C[C@@H](O)C3)c(C)c(-c3c(C)noc3C)n2)c1. The Morgan fingerprint density at radius 3 is 2.67 bits per heavy atom. The topological polar surface area (TPSA) is 126 Å². The lowest BCUT2D eigenvalue weighted by Gasteiger charge is -2.33. The van der Waals surface area contributed by atoms with Crippen LogP contribution in [0.15, 0.2) is 28.8 Å². The predicted molar refractivity (Wildman–Crippen MR) is 125 cm³/mol. The molecule has 9 nitrogen and oxygen atoms in total. The van der Waals surface area contributed by atoms with Crippen LogP contribution in [0.5, 0.6) is 5.75 Å². The van der Waals surface area contributed by atoms with Gasteiger partial charge in [-0.05, 0) is 52.8 Å². The molecule has 1 aliphatic carbocycles. The molecule has 0 bridgehead atoms. The molecule has 2 aromatic heterocycles. The fourth-order valence-electron chi connectivity index (χ4n) is 3.96. The predicted octanol–water partition coefficient (Wildman–Crippen LogP) is 2.62. The van der Waals surface area contributed by atoms with Crippen LogP contribution in [0.25, 0.3) is 22.6 Å². The zero-order valence-corrected chi connectivity index (χ0v) is 19.4. The number of hydrogen-bond acceptors (Lipinski definition) is 9. The van der Waals surface area contributed by atoms with Gasteiger partial charge >= 0.3 is 0 Å². The van der Waals surface area contributed by atoms with Crippen molar-refractivity contribution in [1.29, 1.82) is 0 Å². The highest BCUT2D eigenvalue weighted by Gasteiger charge is 2.29. The summed E-state index contributed by atoms with van der Waals surface area (Å²) in [5, 5.41) is 30.1. The van der Waals surface area contributed by atoms with E-state index in [2.05, 4.69) is 15.8 Å². The first kappa shape index (κ1) is 23.2. The lowest BCUT2D eigenvalue weighted by molar-refractivity contribution is 0.0835. The summed E-state index contributed by atoms with van der Waals surface area (Å²) in [4.78, 5) is 9.70. The molecule has 176 valence electrons. The van der Waals surface area contributed by atoms with E-state index in [4.69, 9.17) is 19.2 Å². The molecule has 2 heterocycles. The highest BCUT2D eigenvalue weighted by Crippen LogP contribution is 2.35. The second-order valence-electron chi connectivity index (χ2n) is 8.59. The number of nitrogens with one attached hydrogen (secondary N) is 2. The molecule has 1 aliphatic rings. The second-order valence-corrected chi connectivity index (χ2v) is 8.59. The third kappa shape index (κ3) is 5.16. The summed E-state index contributed by atoms with van der Waals surface area (Å²) in [6.07, 6.45) is 0.516. The average Bonchev–Trinajstić information content (AvgIpc) is 3.11. The number of aromatic nitrogens is 3. The Labute approximate surface area is 193 Å². The normalized spacial score (nSPS) is 18.6. The number of nitrogens with zero attached hydrogens (tertiary/aromatic N) is 3. The highest BCUT2D eigenvalue weighted by molar-refractivity contribution is 5.74. The molecule has 1 saturated carbocycles. The molecule has 0 radical (unpaired) electrons. The summed E-state index contributed by atoms with van der Waals surface area (Å²) in [7, 11) is 1.78. The maximum atomic E-state index is 9.94. The Kier molecular flexibility index (Phi) is 6.92. The van der Waals surface area contributed by atoms with Gasteiger partial charge < -0.3 is 30.1 Å². The molecular formula is C24H31N5O4. The smallest absolute Gasteiger partial charge is 0.162 e. The number of aliphatic hydroxyl groups is 2. The molecule has 0 spiro atoms. The van der Waals surface area contributed by atoms with Crippen LogP contribution in [0.4, 0.5) is 5.82 Å². The summed E-state index contributed by atoms with van der Waals surface area (Å²) in [6, 6.07) is 7.68. The molecule has 4 N–H and O–H groups in total. The fraction of sp³-hybridized carbons (Fsp3) is 0.458. The van der Waals surface area contributed by atoms with Crippen molar-refractivity contribution in [3.8, 4) is 28.4 Å². The molecule has 0 amide bonds. The van der Waals surface area contributed by atoms with Gasteiger partial charge in [-0.1, -0.05) is 17.3 Å². The minimum atomic E-state index is -0.603. The minimum absolute atomic E-state index is 0.169. The molecule has 0 saturated heterocycles. The van der Waals surface area contributed by atoms with E-state index in [0.717, 1.165) is 33.9 Å². The first-order valence-electron chi connectivity index (χ1n) is 11.2. The van der Waals surface area contributed by atoms with Crippen LogP contribution in [-0.4, -0.2) is 63.8 Å². The van der Waals surface area contributed by atoms with Crippen molar-refractivity contribution < 1.29 is 19.5 Å². The largest absolute Gasteiger partial charge is 0.491 e. The van der Waals surface area contributed by atoms with Crippen molar-refractivity contribution in [3.63, 3.8) is 0 Å². The number of aryl methyl sites for hydroxylation is 2. The molecule has 1 fully saturated rings. The molecule has 4 rings (SSSR count). The van der Waals surface area contributed by atoms with Crippen LogP contribution in [-0.2, 0) is 0 Å². The third-order valence-electron chi connectivity index (χ3n) is 5.84. The summed E-state index contributed by atoms with van der Waals surface area (Å²) < 4.78 is 11.2. The maximum Gasteiger partial charge on any atom is 0.162 e. The lowest BCUT2D eigenvalue weighted by atomic mass is 9.89. The molecule has 1 atom stereocenters. The van der Waals surface area contributed by atoms with Crippen molar-refractivity contribution in [1.82, 2.24) is 20.4 Å². The number of ether oxygens (including phenoxy) is 1. The molecular weight excluding hydrogens is 422 g/mol. The Morgan fingerprint density at radius 1 is 1.21 bits per heavy atom. The van der Waals surface area contributed by atoms with Crippen LogP contribution >= 0.6 is 0 Å². The first-order chi connectivity index (χ1) is 15.9. The van der Waals surface area contributed by atoms with Crippen LogP contribution in [0.2, 0.25) is 0 Å². The molecule has 33 heavy (non-hydrogen) atoms. The third-order valence-corrected chi connectivity index (χ3v) is 5.84. The highest BCUT2D eigenvalue weighted by atomic mass is 16.5. The van der Waals surface area contributed by atoms with Gasteiger partial charge in [0.05, 0.1) is 23.1 Å². The number of anilines is 1. The van der Waals surface area contributed by atoms with Crippen molar-refractivity contribution in [3.05, 3.63) is 41.3 Å². The minimum Gasteiger partial charge on any atom is -0.491 e. The quantitative estimate of drug-likeness (QED) is 0.387. The molecule has 3 aromatic rings. The fourth-order valence-corrected chi connectivity index (χ4v) is 3.96. The van der Waals surface area contributed by atoms with Crippen molar-refractivity contribution in [2.24, 2.45) is 0 Å². The number of hydrogen-bond donors (Lipinski definition) is 4. The van der Waals surface area contributed by atoms with Crippen molar-refractivity contribution in [2.75, 3.05) is 25.5 Å².